The molecular formula is C21H21N3O4. The summed E-state index contributed by atoms with van der Waals surface area (Å²) in [5, 5.41) is 30.8. The lowest BCUT2D eigenvalue weighted by Gasteiger charge is -2.22. The zero-order chi connectivity index (χ0) is 20.1. The minimum Gasteiger partial charge on any atom is -0.465 e. The zero-order valence-corrected chi connectivity index (χ0v) is 15.2. The van der Waals surface area contributed by atoms with Crippen LogP contribution in [0.4, 0.5) is 4.79 Å². The number of nitrogens with zero attached hydrogens (tertiary/aromatic N) is 2. The Morgan fingerprint density at radius 3 is 2.39 bits per heavy atom. The average molecular weight is 379 g/mol. The molecular weight excluding hydrogens is 358 g/mol. The topological polar surface area (TPSA) is 114 Å². The van der Waals surface area contributed by atoms with Crippen molar-refractivity contribution in [1.29, 1.82) is 5.26 Å². The number of carbonyl (C=O) groups is 2. The van der Waals surface area contributed by atoms with Crippen LogP contribution < -0.4 is 5.32 Å². The molecule has 1 fully saturated rings. The Bertz CT molecular complexity index is 877. The van der Waals surface area contributed by atoms with Crippen molar-refractivity contribution in [3.8, 4) is 17.2 Å². The van der Waals surface area contributed by atoms with Gasteiger partial charge in [0.2, 0.25) is 5.91 Å². The van der Waals surface area contributed by atoms with E-state index in [4.69, 9.17) is 5.11 Å². The maximum absolute atomic E-state index is 12.4. The highest BCUT2D eigenvalue weighted by atomic mass is 16.4. The minimum atomic E-state index is -1.26. The van der Waals surface area contributed by atoms with Crippen LogP contribution in [0.3, 0.4) is 0 Å². The number of carboxylic acid groups (broad SMARTS) is 1. The van der Waals surface area contributed by atoms with Gasteiger partial charge in [-0.25, -0.2) is 4.79 Å². The molecule has 0 aliphatic carbocycles. The van der Waals surface area contributed by atoms with Gasteiger partial charge in [-0.3, -0.25) is 9.69 Å². The molecule has 3 atom stereocenters. The fourth-order valence-corrected chi connectivity index (χ4v) is 3.37. The van der Waals surface area contributed by atoms with Gasteiger partial charge >= 0.3 is 6.09 Å². The molecule has 144 valence electrons. The molecule has 7 heteroatoms. The predicted molar refractivity (Wildman–Crippen MR) is 102 cm³/mol. The molecule has 2 unspecified atom stereocenters. The fourth-order valence-electron chi connectivity index (χ4n) is 3.37. The van der Waals surface area contributed by atoms with Crippen molar-refractivity contribution in [3.63, 3.8) is 0 Å². The van der Waals surface area contributed by atoms with E-state index in [1.54, 1.807) is 0 Å². The number of aliphatic hydroxyl groups is 1. The normalized spacial score (nSPS) is 19.6. The molecule has 0 aromatic heterocycles. The number of nitrogens with one attached hydrogen (secondary N) is 1. The van der Waals surface area contributed by atoms with E-state index in [0.717, 1.165) is 21.6 Å². The number of carbonyl (C=O) groups excluding carboxylic acids is 1. The van der Waals surface area contributed by atoms with Crippen LogP contribution in [0, 0.1) is 11.3 Å². The average Bonchev–Trinajstić information content (AvgIpc) is 3.11. The van der Waals surface area contributed by atoms with Gasteiger partial charge in [0.1, 0.15) is 12.1 Å². The second-order valence-electron chi connectivity index (χ2n) is 6.80. The number of β-amino-alcohol motifs (C(OH)–C–C–N with tert-alkyl or cyclic N) is 1. The monoisotopic (exact) mass is 379 g/mol. The van der Waals surface area contributed by atoms with Crippen LogP contribution in [-0.2, 0) is 11.2 Å². The highest BCUT2D eigenvalue weighted by Gasteiger charge is 2.39. The van der Waals surface area contributed by atoms with Crippen LogP contribution in [0.5, 0.6) is 0 Å². The molecule has 1 aliphatic rings. The predicted octanol–water partition coefficient (Wildman–Crippen LogP) is 2.02. The molecule has 2 aromatic rings. The van der Waals surface area contributed by atoms with E-state index >= 15 is 0 Å². The van der Waals surface area contributed by atoms with E-state index in [0.29, 0.717) is 6.42 Å². The van der Waals surface area contributed by atoms with Crippen molar-refractivity contribution >= 4 is 12.0 Å². The van der Waals surface area contributed by atoms with Gasteiger partial charge in [-0.05, 0) is 16.7 Å². The summed E-state index contributed by atoms with van der Waals surface area (Å²) in [7, 11) is 0. The van der Waals surface area contributed by atoms with Gasteiger partial charge < -0.3 is 15.5 Å². The lowest BCUT2D eigenvalue weighted by Crippen LogP contribution is -2.48. The van der Waals surface area contributed by atoms with E-state index in [9.17, 15) is 20.0 Å². The van der Waals surface area contributed by atoms with Crippen molar-refractivity contribution < 1.29 is 19.8 Å². The number of hydrogen-bond donors (Lipinski definition) is 3. The maximum atomic E-state index is 12.4. The summed E-state index contributed by atoms with van der Waals surface area (Å²) in [5.41, 5.74) is 3.03. The quantitative estimate of drug-likeness (QED) is 0.735. The Balaban J connectivity index is 1.64. The van der Waals surface area contributed by atoms with Gasteiger partial charge in [0, 0.05) is 12.8 Å². The molecule has 0 radical (unpaired) electrons. The number of likely N-dealkylation sites (tertiary alicyclic amines) is 1. The zero-order valence-electron chi connectivity index (χ0n) is 15.2. The third-order valence-corrected chi connectivity index (χ3v) is 4.80. The van der Waals surface area contributed by atoms with Gasteiger partial charge in [0.25, 0.3) is 0 Å². The lowest BCUT2D eigenvalue weighted by molar-refractivity contribution is -0.125. The molecule has 2 aromatic carbocycles. The summed E-state index contributed by atoms with van der Waals surface area (Å²) >= 11 is 0. The SMILES string of the molecule is N#C[C@H](Cc1ccc(-c2ccccc2)cc1)NC(=O)C1CC(O)CN1C(=O)O. The molecule has 3 rings (SSSR count). The largest absolute Gasteiger partial charge is 0.465 e. The van der Waals surface area contributed by atoms with Gasteiger partial charge in [-0.15, -0.1) is 0 Å². The van der Waals surface area contributed by atoms with E-state index in [2.05, 4.69) is 5.32 Å². The maximum Gasteiger partial charge on any atom is 0.408 e. The van der Waals surface area contributed by atoms with Crippen molar-refractivity contribution in [2.24, 2.45) is 0 Å². The lowest BCUT2D eigenvalue weighted by atomic mass is 10.0. The first-order valence-corrected chi connectivity index (χ1v) is 9.00. The Hall–Kier alpha value is -3.37. The van der Waals surface area contributed by atoms with Gasteiger partial charge in [-0.1, -0.05) is 54.6 Å². The van der Waals surface area contributed by atoms with Crippen LogP contribution in [0.15, 0.2) is 54.6 Å². The molecule has 3 N–H and O–H groups in total. The van der Waals surface area contributed by atoms with Crippen molar-refractivity contribution in [1.82, 2.24) is 10.2 Å². The number of nitriles is 1. The number of aliphatic hydroxyl groups excluding tert-OH is 1. The molecule has 1 aliphatic heterocycles. The highest BCUT2D eigenvalue weighted by molar-refractivity contribution is 5.86. The molecule has 2 amide bonds. The molecule has 0 spiro atoms. The Morgan fingerprint density at radius 2 is 1.79 bits per heavy atom. The van der Waals surface area contributed by atoms with Crippen LogP contribution in [0.2, 0.25) is 0 Å². The van der Waals surface area contributed by atoms with Gasteiger partial charge in [0.05, 0.1) is 18.7 Å². The van der Waals surface area contributed by atoms with Crippen molar-refractivity contribution in [2.75, 3.05) is 6.54 Å². The van der Waals surface area contributed by atoms with Crippen molar-refractivity contribution in [2.45, 2.75) is 31.0 Å². The number of benzene rings is 2. The summed E-state index contributed by atoms with van der Waals surface area (Å²) < 4.78 is 0. The van der Waals surface area contributed by atoms with Crippen LogP contribution in [0.25, 0.3) is 11.1 Å². The summed E-state index contributed by atoms with van der Waals surface area (Å²) in [5.74, 6) is -0.564. The summed E-state index contributed by atoms with van der Waals surface area (Å²) in [6.45, 7) is -0.106. The van der Waals surface area contributed by atoms with E-state index < -0.39 is 30.2 Å². The number of amides is 2. The van der Waals surface area contributed by atoms with Crippen LogP contribution >= 0.6 is 0 Å². The van der Waals surface area contributed by atoms with Crippen LogP contribution in [-0.4, -0.2) is 51.8 Å². The summed E-state index contributed by atoms with van der Waals surface area (Å²) in [6, 6.07) is 17.9. The van der Waals surface area contributed by atoms with Crippen LogP contribution in [0.1, 0.15) is 12.0 Å². The van der Waals surface area contributed by atoms with Gasteiger partial charge in [-0.2, -0.15) is 5.26 Å². The second kappa shape index (κ2) is 8.55. The molecule has 28 heavy (non-hydrogen) atoms. The van der Waals surface area contributed by atoms with E-state index in [1.807, 2.05) is 60.7 Å². The van der Waals surface area contributed by atoms with Crippen molar-refractivity contribution in [3.05, 3.63) is 60.2 Å². The second-order valence-corrected chi connectivity index (χ2v) is 6.80. The van der Waals surface area contributed by atoms with E-state index in [-0.39, 0.29) is 13.0 Å². The third-order valence-electron chi connectivity index (χ3n) is 4.80. The third kappa shape index (κ3) is 4.48. The Labute approximate surface area is 162 Å². The first-order chi connectivity index (χ1) is 13.5. The number of hydrogen-bond acceptors (Lipinski definition) is 4. The molecule has 1 saturated heterocycles. The van der Waals surface area contributed by atoms with Gasteiger partial charge in [0.15, 0.2) is 0 Å². The number of rotatable bonds is 5. The summed E-state index contributed by atoms with van der Waals surface area (Å²) in [6.07, 6.45) is -1.80. The molecule has 0 saturated carbocycles. The van der Waals surface area contributed by atoms with E-state index in [1.165, 1.54) is 0 Å². The molecule has 1 heterocycles. The first kappa shape index (κ1) is 19.4. The Kier molecular flexibility index (Phi) is 5.92. The Morgan fingerprint density at radius 1 is 1.14 bits per heavy atom. The first-order valence-electron chi connectivity index (χ1n) is 9.00. The fraction of sp³-hybridized carbons (Fsp3) is 0.286. The summed E-state index contributed by atoms with van der Waals surface area (Å²) in [4.78, 5) is 24.6. The molecule has 0 bridgehead atoms. The highest BCUT2D eigenvalue weighted by Crippen LogP contribution is 2.21. The molecule has 7 nitrogen and oxygen atoms in total. The minimum absolute atomic E-state index is 0.0298. The smallest absolute Gasteiger partial charge is 0.408 e. The standard InChI is InChI=1S/C21H21N3O4/c22-12-17(23-20(26)19-11-18(25)13-24(19)21(27)28)10-14-6-8-16(9-7-14)15-4-2-1-3-5-15/h1-9,17-19,25H,10-11,13H2,(H,23,26)(H,27,28)/t17-,18?,19?/m0/s1.